The molecule has 3 aromatic rings. The topological polar surface area (TPSA) is 78.3 Å². The Kier molecular flexibility index (Phi) is 6.51. The average Bonchev–Trinajstić information content (AvgIpc) is 3.01. The fourth-order valence-corrected chi connectivity index (χ4v) is 3.82. The number of anilines is 1. The zero-order chi connectivity index (χ0) is 21.6. The van der Waals surface area contributed by atoms with Gasteiger partial charge in [-0.05, 0) is 36.4 Å². The number of aromatic nitrogens is 3. The number of nitrogens with one attached hydrogen (secondary N) is 1. The molecule has 0 atom stereocenters. The van der Waals surface area contributed by atoms with Gasteiger partial charge in [-0.15, -0.1) is 16.8 Å². The summed E-state index contributed by atoms with van der Waals surface area (Å²) in [4.78, 5) is 12.5. The van der Waals surface area contributed by atoms with Crippen LogP contribution in [0.5, 0.6) is 11.5 Å². The van der Waals surface area contributed by atoms with Crippen LogP contribution in [-0.2, 0) is 11.3 Å². The van der Waals surface area contributed by atoms with Gasteiger partial charge in [0.1, 0.15) is 5.82 Å². The van der Waals surface area contributed by atoms with E-state index in [4.69, 9.17) is 9.47 Å². The van der Waals surface area contributed by atoms with E-state index < -0.39 is 0 Å². The SMILES string of the molecule is C=CCn1c(SCC(=O)Nc2ccc3c(c2)OCCCO3)nnc1-c1ccc(F)cc1. The predicted molar refractivity (Wildman–Crippen MR) is 117 cm³/mol. The highest BCUT2D eigenvalue weighted by Gasteiger charge is 2.16. The van der Waals surface area contributed by atoms with Crippen molar-refractivity contribution in [3.63, 3.8) is 0 Å². The van der Waals surface area contributed by atoms with E-state index in [9.17, 15) is 9.18 Å². The van der Waals surface area contributed by atoms with Crippen molar-refractivity contribution in [2.45, 2.75) is 18.1 Å². The molecule has 2 heterocycles. The molecule has 1 amide bonds. The maximum atomic E-state index is 13.2. The molecule has 0 saturated carbocycles. The number of halogens is 1. The lowest BCUT2D eigenvalue weighted by atomic mass is 10.2. The molecule has 0 bridgehead atoms. The van der Waals surface area contributed by atoms with E-state index in [2.05, 4.69) is 22.1 Å². The Morgan fingerprint density at radius 1 is 1.16 bits per heavy atom. The second kappa shape index (κ2) is 9.65. The zero-order valence-electron chi connectivity index (χ0n) is 16.7. The van der Waals surface area contributed by atoms with Crippen LogP contribution in [0.25, 0.3) is 11.4 Å². The minimum absolute atomic E-state index is 0.146. The number of amides is 1. The first kappa shape index (κ1) is 20.9. The van der Waals surface area contributed by atoms with Crippen LogP contribution in [-0.4, -0.2) is 39.6 Å². The second-order valence-electron chi connectivity index (χ2n) is 6.76. The molecule has 160 valence electrons. The third-order valence-corrected chi connectivity index (χ3v) is 5.46. The van der Waals surface area contributed by atoms with Crippen LogP contribution >= 0.6 is 11.8 Å². The van der Waals surface area contributed by atoms with Gasteiger partial charge in [0.25, 0.3) is 0 Å². The summed E-state index contributed by atoms with van der Waals surface area (Å²) >= 11 is 1.26. The Morgan fingerprint density at radius 3 is 2.71 bits per heavy atom. The van der Waals surface area contributed by atoms with Gasteiger partial charge in [-0.3, -0.25) is 9.36 Å². The van der Waals surface area contributed by atoms with Crippen molar-refractivity contribution >= 4 is 23.4 Å². The highest BCUT2D eigenvalue weighted by atomic mass is 32.2. The Labute approximate surface area is 183 Å². The molecule has 9 heteroatoms. The quantitative estimate of drug-likeness (QED) is 0.439. The van der Waals surface area contributed by atoms with E-state index in [0.29, 0.717) is 47.9 Å². The number of hydrogen-bond acceptors (Lipinski definition) is 6. The molecule has 1 N–H and O–H groups in total. The number of carbonyl (C=O) groups excluding carboxylic acids is 1. The Hall–Kier alpha value is -3.33. The third kappa shape index (κ3) is 5.05. The largest absolute Gasteiger partial charge is 0.490 e. The molecule has 0 fully saturated rings. The van der Waals surface area contributed by atoms with Crippen LogP contribution in [0.3, 0.4) is 0 Å². The Morgan fingerprint density at radius 2 is 1.94 bits per heavy atom. The number of ether oxygens (including phenoxy) is 2. The lowest BCUT2D eigenvalue weighted by Gasteiger charge is -2.11. The lowest BCUT2D eigenvalue weighted by Crippen LogP contribution is -2.14. The van der Waals surface area contributed by atoms with Gasteiger partial charge in [-0.1, -0.05) is 17.8 Å². The van der Waals surface area contributed by atoms with Crippen molar-refractivity contribution in [1.29, 1.82) is 0 Å². The first-order valence-electron chi connectivity index (χ1n) is 9.76. The first-order chi connectivity index (χ1) is 15.1. The summed E-state index contributed by atoms with van der Waals surface area (Å²) < 4.78 is 26.3. The number of rotatable bonds is 7. The summed E-state index contributed by atoms with van der Waals surface area (Å²) in [5, 5.41) is 11.9. The van der Waals surface area contributed by atoms with E-state index in [0.717, 1.165) is 12.0 Å². The number of thioether (sulfide) groups is 1. The second-order valence-corrected chi connectivity index (χ2v) is 7.70. The van der Waals surface area contributed by atoms with E-state index in [1.54, 1.807) is 36.4 Å². The summed E-state index contributed by atoms with van der Waals surface area (Å²) in [5.41, 5.74) is 1.37. The van der Waals surface area contributed by atoms with Crippen LogP contribution < -0.4 is 14.8 Å². The normalized spacial score (nSPS) is 12.8. The molecule has 0 aliphatic carbocycles. The van der Waals surface area contributed by atoms with Crippen molar-refractivity contribution in [2.24, 2.45) is 0 Å². The molecule has 1 aromatic heterocycles. The average molecular weight is 441 g/mol. The fraction of sp³-hybridized carbons (Fsp3) is 0.227. The molecule has 7 nitrogen and oxygen atoms in total. The molecule has 0 unspecified atom stereocenters. The minimum atomic E-state index is -0.320. The maximum absolute atomic E-state index is 13.2. The number of carbonyl (C=O) groups is 1. The predicted octanol–water partition coefficient (Wildman–Crippen LogP) is 4.16. The van der Waals surface area contributed by atoms with Gasteiger partial charge < -0.3 is 14.8 Å². The Bertz CT molecular complexity index is 1080. The molecular formula is C22H21FN4O3S. The van der Waals surface area contributed by atoms with E-state index in [-0.39, 0.29) is 17.5 Å². The summed E-state index contributed by atoms with van der Waals surface area (Å²) in [6, 6.07) is 11.4. The Balaban J connectivity index is 1.43. The van der Waals surface area contributed by atoms with Crippen LogP contribution in [0.15, 0.2) is 60.3 Å². The fourth-order valence-electron chi connectivity index (χ4n) is 3.07. The van der Waals surface area contributed by atoms with Crippen molar-refractivity contribution in [1.82, 2.24) is 14.8 Å². The smallest absolute Gasteiger partial charge is 0.234 e. The molecule has 0 spiro atoms. The number of allylic oxidation sites excluding steroid dienone is 1. The van der Waals surface area contributed by atoms with Gasteiger partial charge in [0.05, 0.1) is 19.0 Å². The van der Waals surface area contributed by atoms with Gasteiger partial charge >= 0.3 is 0 Å². The molecule has 2 aromatic carbocycles. The van der Waals surface area contributed by atoms with Gasteiger partial charge in [-0.2, -0.15) is 0 Å². The van der Waals surface area contributed by atoms with E-state index >= 15 is 0 Å². The molecular weight excluding hydrogens is 419 g/mol. The minimum Gasteiger partial charge on any atom is -0.490 e. The molecule has 1 aliphatic rings. The zero-order valence-corrected chi connectivity index (χ0v) is 17.5. The third-order valence-electron chi connectivity index (χ3n) is 4.49. The van der Waals surface area contributed by atoms with Gasteiger partial charge in [0.15, 0.2) is 22.5 Å². The molecule has 31 heavy (non-hydrogen) atoms. The van der Waals surface area contributed by atoms with E-state index in [1.807, 2.05) is 4.57 Å². The summed E-state index contributed by atoms with van der Waals surface area (Å²) in [7, 11) is 0. The van der Waals surface area contributed by atoms with E-state index in [1.165, 1.54) is 23.9 Å². The van der Waals surface area contributed by atoms with Crippen LogP contribution in [0.4, 0.5) is 10.1 Å². The summed E-state index contributed by atoms with van der Waals surface area (Å²) in [6.45, 7) is 5.43. The first-order valence-corrected chi connectivity index (χ1v) is 10.7. The highest BCUT2D eigenvalue weighted by Crippen LogP contribution is 2.32. The maximum Gasteiger partial charge on any atom is 0.234 e. The molecule has 0 radical (unpaired) electrons. The van der Waals surface area contributed by atoms with Crippen molar-refractivity contribution in [3.05, 3.63) is 60.9 Å². The van der Waals surface area contributed by atoms with Crippen molar-refractivity contribution < 1.29 is 18.7 Å². The number of hydrogen-bond donors (Lipinski definition) is 1. The van der Waals surface area contributed by atoms with Crippen LogP contribution in [0, 0.1) is 5.82 Å². The monoisotopic (exact) mass is 440 g/mol. The van der Waals surface area contributed by atoms with Crippen LogP contribution in [0.2, 0.25) is 0 Å². The van der Waals surface area contributed by atoms with Crippen LogP contribution in [0.1, 0.15) is 6.42 Å². The lowest BCUT2D eigenvalue weighted by molar-refractivity contribution is -0.113. The van der Waals surface area contributed by atoms with Crippen molar-refractivity contribution in [2.75, 3.05) is 24.3 Å². The van der Waals surface area contributed by atoms with Gasteiger partial charge in [0.2, 0.25) is 5.91 Å². The number of nitrogens with zero attached hydrogens (tertiary/aromatic N) is 3. The van der Waals surface area contributed by atoms with Crippen molar-refractivity contribution in [3.8, 4) is 22.9 Å². The molecule has 1 aliphatic heterocycles. The molecule has 4 rings (SSSR count). The van der Waals surface area contributed by atoms with Gasteiger partial charge in [0, 0.05) is 30.3 Å². The van der Waals surface area contributed by atoms with Gasteiger partial charge in [-0.25, -0.2) is 4.39 Å². The number of benzene rings is 2. The highest BCUT2D eigenvalue weighted by molar-refractivity contribution is 7.99. The molecule has 0 saturated heterocycles. The summed E-state index contributed by atoms with van der Waals surface area (Å²) in [5.74, 6) is 1.53. The summed E-state index contributed by atoms with van der Waals surface area (Å²) in [6.07, 6.45) is 2.54. The standard InChI is InChI=1S/C22H21FN4O3S/c1-2-10-27-21(15-4-6-16(23)7-5-15)25-26-22(27)31-14-20(28)24-17-8-9-18-19(13-17)30-12-3-11-29-18/h2,4-9,13H,1,3,10-12,14H2,(H,24,28). The number of fused-ring (bicyclic) bond motifs is 1.